The first-order valence-electron chi connectivity index (χ1n) is 8.61. The average molecular weight is 345 g/mol. The van der Waals surface area contributed by atoms with Crippen LogP contribution >= 0.6 is 11.3 Å². The number of carbonyl (C=O) groups excluding carboxylic acids is 1. The van der Waals surface area contributed by atoms with E-state index >= 15 is 0 Å². The molecule has 5 nitrogen and oxygen atoms in total. The Balaban J connectivity index is 1.49. The number of carbonyl (C=O) groups is 1. The SMILES string of the molecule is CCc1nnc(NC(=O)CCc2cccc(OC3CCCC3)c2)s1. The smallest absolute Gasteiger partial charge is 0.226 e. The first-order chi connectivity index (χ1) is 11.7. The molecule has 1 fully saturated rings. The summed E-state index contributed by atoms with van der Waals surface area (Å²) in [5.41, 5.74) is 1.12. The molecule has 1 saturated carbocycles. The predicted octanol–water partition coefficient (Wildman–Crippen LogP) is 3.99. The van der Waals surface area contributed by atoms with E-state index in [-0.39, 0.29) is 5.91 Å². The number of rotatable bonds is 7. The van der Waals surface area contributed by atoms with Gasteiger partial charge in [-0.2, -0.15) is 0 Å². The van der Waals surface area contributed by atoms with Gasteiger partial charge in [0, 0.05) is 6.42 Å². The van der Waals surface area contributed by atoms with E-state index in [4.69, 9.17) is 4.74 Å². The molecular weight excluding hydrogens is 322 g/mol. The molecule has 6 heteroatoms. The van der Waals surface area contributed by atoms with Crippen LogP contribution in [-0.4, -0.2) is 22.2 Å². The molecule has 1 aliphatic rings. The Labute approximate surface area is 146 Å². The zero-order chi connectivity index (χ0) is 16.8. The van der Waals surface area contributed by atoms with Gasteiger partial charge in [-0.25, -0.2) is 0 Å². The zero-order valence-electron chi connectivity index (χ0n) is 14.0. The summed E-state index contributed by atoms with van der Waals surface area (Å²) in [6.45, 7) is 2.02. The number of amides is 1. The monoisotopic (exact) mass is 345 g/mol. The summed E-state index contributed by atoms with van der Waals surface area (Å²) in [6, 6.07) is 8.08. The van der Waals surface area contributed by atoms with Gasteiger partial charge in [0.25, 0.3) is 0 Å². The topological polar surface area (TPSA) is 64.1 Å². The quantitative estimate of drug-likeness (QED) is 0.824. The standard InChI is InChI=1S/C18H23N3O2S/c1-2-17-20-21-18(24-17)19-16(22)11-10-13-6-5-9-15(12-13)23-14-7-3-4-8-14/h5-6,9,12,14H,2-4,7-8,10-11H2,1H3,(H,19,21,22). The van der Waals surface area contributed by atoms with Crippen LogP contribution in [0.4, 0.5) is 5.13 Å². The van der Waals surface area contributed by atoms with Crippen molar-refractivity contribution in [3.05, 3.63) is 34.8 Å². The Kier molecular flexibility index (Phi) is 5.80. The van der Waals surface area contributed by atoms with Gasteiger partial charge in [0.05, 0.1) is 6.10 Å². The highest BCUT2D eigenvalue weighted by molar-refractivity contribution is 7.15. The molecule has 0 spiro atoms. The van der Waals surface area contributed by atoms with Crippen molar-refractivity contribution in [2.45, 2.75) is 58.0 Å². The highest BCUT2D eigenvalue weighted by atomic mass is 32.1. The minimum absolute atomic E-state index is 0.0316. The summed E-state index contributed by atoms with van der Waals surface area (Å²) in [5, 5.41) is 12.3. The molecule has 1 aromatic carbocycles. The van der Waals surface area contributed by atoms with Crippen molar-refractivity contribution in [1.82, 2.24) is 10.2 Å². The minimum atomic E-state index is -0.0316. The first kappa shape index (κ1) is 16.9. The largest absolute Gasteiger partial charge is 0.490 e. The van der Waals surface area contributed by atoms with E-state index in [1.54, 1.807) is 0 Å². The number of hydrogen-bond donors (Lipinski definition) is 1. The van der Waals surface area contributed by atoms with E-state index in [1.807, 2.05) is 31.2 Å². The minimum Gasteiger partial charge on any atom is -0.490 e. The van der Waals surface area contributed by atoms with Crippen molar-refractivity contribution in [2.24, 2.45) is 0 Å². The summed E-state index contributed by atoms with van der Waals surface area (Å²) in [5.74, 6) is 0.882. The lowest BCUT2D eigenvalue weighted by Gasteiger charge is -2.13. The fourth-order valence-corrected chi connectivity index (χ4v) is 3.56. The number of nitrogens with zero attached hydrogens (tertiary/aromatic N) is 2. The van der Waals surface area contributed by atoms with Crippen molar-refractivity contribution in [2.75, 3.05) is 5.32 Å². The van der Waals surface area contributed by atoms with Crippen LogP contribution in [0.2, 0.25) is 0 Å². The molecule has 1 heterocycles. The normalized spacial score (nSPS) is 14.7. The van der Waals surface area contributed by atoms with E-state index < -0.39 is 0 Å². The molecule has 2 aromatic rings. The van der Waals surface area contributed by atoms with Crippen LogP contribution in [0.1, 0.15) is 49.6 Å². The third-order valence-corrected chi connectivity index (χ3v) is 5.14. The van der Waals surface area contributed by atoms with Gasteiger partial charge in [-0.1, -0.05) is 30.4 Å². The average Bonchev–Trinajstić information content (AvgIpc) is 3.25. The van der Waals surface area contributed by atoms with E-state index in [0.717, 1.165) is 35.6 Å². The second-order valence-corrected chi connectivity index (χ2v) is 7.14. The predicted molar refractivity (Wildman–Crippen MR) is 95.6 cm³/mol. The molecule has 3 rings (SSSR count). The fourth-order valence-electron chi connectivity index (χ4n) is 2.86. The van der Waals surface area contributed by atoms with Gasteiger partial charge in [0.1, 0.15) is 10.8 Å². The number of aryl methyl sites for hydroxylation is 2. The second kappa shape index (κ2) is 8.24. The van der Waals surface area contributed by atoms with E-state index in [1.165, 1.54) is 24.2 Å². The van der Waals surface area contributed by atoms with Crippen LogP contribution in [0.25, 0.3) is 0 Å². The maximum atomic E-state index is 12.0. The highest BCUT2D eigenvalue weighted by Gasteiger charge is 2.16. The molecular formula is C18H23N3O2S. The zero-order valence-corrected chi connectivity index (χ0v) is 14.8. The third kappa shape index (κ3) is 4.77. The van der Waals surface area contributed by atoms with Gasteiger partial charge >= 0.3 is 0 Å². The van der Waals surface area contributed by atoms with Crippen molar-refractivity contribution in [3.8, 4) is 5.75 Å². The first-order valence-corrected chi connectivity index (χ1v) is 9.42. The van der Waals surface area contributed by atoms with Crippen LogP contribution in [-0.2, 0) is 17.6 Å². The molecule has 1 aromatic heterocycles. The van der Waals surface area contributed by atoms with Crippen molar-refractivity contribution in [1.29, 1.82) is 0 Å². The molecule has 0 radical (unpaired) electrons. The van der Waals surface area contributed by atoms with Crippen molar-refractivity contribution in [3.63, 3.8) is 0 Å². The van der Waals surface area contributed by atoms with Gasteiger partial charge < -0.3 is 10.1 Å². The lowest BCUT2D eigenvalue weighted by molar-refractivity contribution is -0.116. The van der Waals surface area contributed by atoms with E-state index in [9.17, 15) is 4.79 Å². The molecule has 0 bridgehead atoms. The van der Waals surface area contributed by atoms with Gasteiger partial charge in [-0.15, -0.1) is 10.2 Å². The fraction of sp³-hybridized carbons (Fsp3) is 0.500. The Morgan fingerprint density at radius 3 is 2.92 bits per heavy atom. The summed E-state index contributed by atoms with van der Waals surface area (Å²) in [4.78, 5) is 12.0. The highest BCUT2D eigenvalue weighted by Crippen LogP contribution is 2.25. The number of anilines is 1. The van der Waals surface area contributed by atoms with Crippen molar-refractivity contribution < 1.29 is 9.53 Å². The number of nitrogens with one attached hydrogen (secondary N) is 1. The van der Waals surface area contributed by atoms with E-state index in [2.05, 4.69) is 15.5 Å². The lowest BCUT2D eigenvalue weighted by atomic mass is 10.1. The Bertz CT molecular complexity index is 680. The van der Waals surface area contributed by atoms with Crippen LogP contribution in [0.5, 0.6) is 5.75 Å². The summed E-state index contributed by atoms with van der Waals surface area (Å²) in [6.07, 6.45) is 7.12. The second-order valence-electron chi connectivity index (χ2n) is 6.07. The molecule has 128 valence electrons. The van der Waals surface area contributed by atoms with Gasteiger partial charge in [-0.3, -0.25) is 4.79 Å². The molecule has 1 amide bonds. The van der Waals surface area contributed by atoms with Crippen LogP contribution < -0.4 is 10.1 Å². The maximum Gasteiger partial charge on any atom is 0.226 e. The number of aromatic nitrogens is 2. The maximum absolute atomic E-state index is 12.0. The number of ether oxygens (including phenoxy) is 1. The molecule has 1 N–H and O–H groups in total. The van der Waals surface area contributed by atoms with Gasteiger partial charge in [0.15, 0.2) is 0 Å². The van der Waals surface area contributed by atoms with E-state index in [0.29, 0.717) is 24.1 Å². The van der Waals surface area contributed by atoms with Crippen LogP contribution in [0.15, 0.2) is 24.3 Å². The molecule has 0 unspecified atom stereocenters. The number of hydrogen-bond acceptors (Lipinski definition) is 5. The van der Waals surface area contributed by atoms with Gasteiger partial charge in [-0.05, 0) is 56.2 Å². The molecule has 1 aliphatic carbocycles. The molecule has 0 saturated heterocycles. The number of benzene rings is 1. The Morgan fingerprint density at radius 2 is 2.17 bits per heavy atom. The van der Waals surface area contributed by atoms with Crippen molar-refractivity contribution >= 4 is 22.4 Å². The van der Waals surface area contributed by atoms with Crippen LogP contribution in [0.3, 0.4) is 0 Å². The summed E-state index contributed by atoms with van der Waals surface area (Å²) >= 11 is 1.43. The summed E-state index contributed by atoms with van der Waals surface area (Å²) < 4.78 is 6.02. The Hall–Kier alpha value is -1.95. The molecule has 24 heavy (non-hydrogen) atoms. The molecule has 0 atom stereocenters. The Morgan fingerprint density at radius 1 is 1.33 bits per heavy atom. The lowest BCUT2D eigenvalue weighted by Crippen LogP contribution is -2.12. The van der Waals surface area contributed by atoms with Crippen LogP contribution in [0, 0.1) is 0 Å². The third-order valence-electron chi connectivity index (χ3n) is 4.16. The summed E-state index contributed by atoms with van der Waals surface area (Å²) in [7, 11) is 0. The molecule has 0 aliphatic heterocycles. The van der Waals surface area contributed by atoms with Gasteiger partial charge in [0.2, 0.25) is 11.0 Å².